The van der Waals surface area contributed by atoms with E-state index in [0.717, 1.165) is 38.5 Å². The second-order valence-electron chi connectivity index (χ2n) is 10.6. The van der Waals surface area contributed by atoms with Gasteiger partial charge in [-0.25, -0.2) is 9.18 Å². The first-order valence-electron chi connectivity index (χ1n) is 13.0. The highest BCUT2D eigenvalue weighted by Gasteiger charge is 2.39. The number of amides is 2. The fourth-order valence-electron chi connectivity index (χ4n) is 5.96. The predicted octanol–water partition coefficient (Wildman–Crippen LogP) is 5.33. The van der Waals surface area contributed by atoms with Crippen molar-refractivity contribution in [2.75, 3.05) is 20.2 Å². The number of halogens is 2. The van der Waals surface area contributed by atoms with Crippen molar-refractivity contribution in [2.45, 2.75) is 64.8 Å². The van der Waals surface area contributed by atoms with Gasteiger partial charge in [0.05, 0.1) is 19.1 Å². The highest BCUT2D eigenvalue weighted by molar-refractivity contribution is 6.31. The number of piperidine rings is 1. The summed E-state index contributed by atoms with van der Waals surface area (Å²) >= 11 is 6.16. The highest BCUT2D eigenvalue weighted by atomic mass is 35.5. The third-order valence-electron chi connectivity index (χ3n) is 8.27. The van der Waals surface area contributed by atoms with Gasteiger partial charge in [-0.15, -0.1) is 0 Å². The molecule has 2 aliphatic rings. The Morgan fingerprint density at radius 3 is 2.26 bits per heavy atom. The Balaban J connectivity index is 1.29. The average Bonchev–Trinajstić information content (AvgIpc) is 2.87. The molecule has 4 rings (SSSR count). The van der Waals surface area contributed by atoms with Crippen molar-refractivity contribution < 1.29 is 28.6 Å². The monoisotopic (exact) mass is 544 g/mol. The highest BCUT2D eigenvalue weighted by Crippen LogP contribution is 2.45. The van der Waals surface area contributed by atoms with Gasteiger partial charge in [0.15, 0.2) is 11.6 Å². The van der Waals surface area contributed by atoms with Crippen molar-refractivity contribution in [1.29, 1.82) is 0 Å². The van der Waals surface area contributed by atoms with Gasteiger partial charge < -0.3 is 20.1 Å². The zero-order valence-corrected chi connectivity index (χ0v) is 22.8. The first-order valence-corrected chi connectivity index (χ1v) is 13.4. The SMILES string of the molecule is COc1ccc(Cl)c(CC(=O)N2CCC3(CCC(NC(=O)c4cc(C)c(C(=O)O)c(C)c4)CC3)CC2)c1F. The minimum Gasteiger partial charge on any atom is -0.494 e. The second-order valence-corrected chi connectivity index (χ2v) is 11.0. The number of nitrogens with zero attached hydrogens (tertiary/aromatic N) is 1. The maximum Gasteiger partial charge on any atom is 0.336 e. The van der Waals surface area contributed by atoms with Gasteiger partial charge >= 0.3 is 5.97 Å². The molecular formula is C29H34ClFN2O5. The van der Waals surface area contributed by atoms with Crippen molar-refractivity contribution in [3.05, 3.63) is 62.9 Å². The van der Waals surface area contributed by atoms with E-state index in [1.807, 2.05) is 0 Å². The lowest BCUT2D eigenvalue weighted by Gasteiger charge is -2.46. The molecule has 1 aliphatic carbocycles. The maximum atomic E-state index is 14.6. The molecule has 0 unspecified atom stereocenters. The lowest BCUT2D eigenvalue weighted by atomic mass is 9.67. The number of hydrogen-bond donors (Lipinski definition) is 2. The van der Waals surface area contributed by atoms with Crippen molar-refractivity contribution in [2.24, 2.45) is 5.41 Å². The molecule has 2 fully saturated rings. The normalized spacial score (nSPS) is 17.3. The van der Waals surface area contributed by atoms with Gasteiger partial charge in [-0.2, -0.15) is 0 Å². The minimum absolute atomic E-state index is 0.0609. The molecule has 204 valence electrons. The van der Waals surface area contributed by atoms with E-state index in [9.17, 15) is 23.9 Å². The largest absolute Gasteiger partial charge is 0.494 e. The maximum absolute atomic E-state index is 14.6. The van der Waals surface area contributed by atoms with Gasteiger partial charge in [0, 0.05) is 35.3 Å². The number of carboxylic acid groups (broad SMARTS) is 1. The molecule has 1 saturated heterocycles. The number of ether oxygens (including phenoxy) is 1. The first-order chi connectivity index (χ1) is 18.0. The topological polar surface area (TPSA) is 95.9 Å². The Morgan fingerprint density at radius 1 is 1.11 bits per heavy atom. The summed E-state index contributed by atoms with van der Waals surface area (Å²) in [6.45, 7) is 4.65. The zero-order valence-electron chi connectivity index (χ0n) is 22.0. The number of carbonyl (C=O) groups is 3. The van der Waals surface area contributed by atoms with Crippen molar-refractivity contribution in [1.82, 2.24) is 10.2 Å². The molecule has 0 bridgehead atoms. The lowest BCUT2D eigenvalue weighted by Crippen LogP contribution is -2.47. The summed E-state index contributed by atoms with van der Waals surface area (Å²) < 4.78 is 19.7. The number of carboxylic acids is 1. The van der Waals surface area contributed by atoms with Crippen LogP contribution in [-0.2, 0) is 11.2 Å². The van der Waals surface area contributed by atoms with Crippen LogP contribution in [-0.4, -0.2) is 54.0 Å². The fraction of sp³-hybridized carbons (Fsp3) is 0.483. The Labute approximate surface area is 227 Å². The van der Waals surface area contributed by atoms with Crippen molar-refractivity contribution >= 4 is 29.4 Å². The molecule has 0 atom stereocenters. The number of likely N-dealkylation sites (tertiary alicyclic amines) is 1. The summed E-state index contributed by atoms with van der Waals surface area (Å²) in [4.78, 5) is 39.0. The molecule has 9 heteroatoms. The van der Waals surface area contributed by atoms with Crippen LogP contribution in [0.5, 0.6) is 5.75 Å². The number of aromatic carboxylic acids is 1. The molecule has 7 nitrogen and oxygen atoms in total. The second kappa shape index (κ2) is 11.3. The van der Waals surface area contributed by atoms with Crippen LogP contribution in [0.25, 0.3) is 0 Å². The fourth-order valence-corrected chi connectivity index (χ4v) is 6.18. The van der Waals surface area contributed by atoms with Gasteiger partial charge in [0.2, 0.25) is 5.91 Å². The number of carbonyl (C=O) groups excluding carboxylic acids is 2. The predicted molar refractivity (Wildman–Crippen MR) is 143 cm³/mol. The van der Waals surface area contributed by atoms with Crippen LogP contribution >= 0.6 is 11.6 Å². The first kappa shape index (κ1) is 27.9. The molecule has 2 N–H and O–H groups in total. The molecule has 2 aromatic rings. The molecule has 2 amide bonds. The Hall–Kier alpha value is -3.13. The van der Waals surface area contributed by atoms with Crippen LogP contribution < -0.4 is 10.1 Å². The van der Waals surface area contributed by atoms with Gasteiger partial charge in [-0.3, -0.25) is 9.59 Å². The number of benzene rings is 2. The summed E-state index contributed by atoms with van der Waals surface area (Å²) in [7, 11) is 1.38. The van der Waals surface area contributed by atoms with E-state index in [0.29, 0.717) is 29.8 Å². The third kappa shape index (κ3) is 5.80. The Bertz CT molecular complexity index is 1220. The lowest BCUT2D eigenvalue weighted by molar-refractivity contribution is -0.133. The van der Waals surface area contributed by atoms with Crippen molar-refractivity contribution in [3.63, 3.8) is 0 Å². The van der Waals surface area contributed by atoms with Crippen LogP contribution in [0.1, 0.15) is 75.9 Å². The summed E-state index contributed by atoms with van der Waals surface area (Å²) in [6.07, 6.45) is 5.30. The Kier molecular flexibility index (Phi) is 8.31. The molecule has 1 saturated carbocycles. The number of rotatable bonds is 6. The van der Waals surface area contributed by atoms with Crippen LogP contribution in [0, 0.1) is 25.1 Å². The van der Waals surface area contributed by atoms with E-state index >= 15 is 0 Å². The van der Waals surface area contributed by atoms with Gasteiger partial charge in [-0.05, 0) is 93.2 Å². The van der Waals surface area contributed by atoms with E-state index < -0.39 is 11.8 Å². The molecule has 38 heavy (non-hydrogen) atoms. The minimum atomic E-state index is -0.992. The van der Waals surface area contributed by atoms with Gasteiger partial charge in [-0.1, -0.05) is 11.6 Å². The summed E-state index contributed by atoms with van der Waals surface area (Å²) in [5.74, 6) is -1.84. The standard InChI is InChI=1S/C29H34ClFN2O5/c1-17-14-19(15-18(2)25(17)28(36)37)27(35)32-20-6-8-29(9-7-20)10-12-33(13-11-29)24(34)16-21-22(30)4-5-23(38-3)26(21)31/h4-5,14-15,20H,6-13,16H2,1-3H3,(H,32,35)(H,36,37). The van der Waals surface area contributed by atoms with Crippen LogP contribution in [0.4, 0.5) is 4.39 Å². The smallest absolute Gasteiger partial charge is 0.336 e. The van der Waals surface area contributed by atoms with Crippen molar-refractivity contribution in [3.8, 4) is 5.75 Å². The Morgan fingerprint density at radius 2 is 1.71 bits per heavy atom. The molecule has 2 aromatic carbocycles. The summed E-state index contributed by atoms with van der Waals surface area (Å²) in [5.41, 5.74) is 2.17. The zero-order chi connectivity index (χ0) is 27.6. The molecule has 1 spiro atoms. The summed E-state index contributed by atoms with van der Waals surface area (Å²) in [5, 5.41) is 12.7. The molecule has 0 aromatic heterocycles. The quantitative estimate of drug-likeness (QED) is 0.512. The van der Waals surface area contributed by atoms with E-state index in [1.54, 1.807) is 36.9 Å². The van der Waals surface area contributed by atoms with Gasteiger partial charge in [0.1, 0.15) is 0 Å². The summed E-state index contributed by atoms with van der Waals surface area (Å²) in [6, 6.07) is 6.32. The molecule has 0 radical (unpaired) electrons. The van der Waals surface area contributed by atoms with Crippen LogP contribution in [0.2, 0.25) is 5.02 Å². The molecular weight excluding hydrogens is 511 g/mol. The number of methoxy groups -OCH3 is 1. The van der Waals surface area contributed by atoms with E-state index in [4.69, 9.17) is 16.3 Å². The number of nitrogens with one attached hydrogen (secondary N) is 1. The number of hydrogen-bond acceptors (Lipinski definition) is 4. The van der Waals surface area contributed by atoms with Crippen LogP contribution in [0.3, 0.4) is 0 Å². The molecule has 1 aliphatic heterocycles. The van der Waals surface area contributed by atoms with E-state index in [-0.39, 0.29) is 51.6 Å². The molecule has 1 heterocycles. The average molecular weight is 545 g/mol. The van der Waals surface area contributed by atoms with Gasteiger partial charge in [0.25, 0.3) is 5.91 Å². The van der Waals surface area contributed by atoms with Crippen LogP contribution in [0.15, 0.2) is 24.3 Å². The number of aryl methyl sites for hydroxylation is 2. The van der Waals surface area contributed by atoms with E-state index in [2.05, 4.69) is 5.32 Å². The third-order valence-corrected chi connectivity index (χ3v) is 8.62. The van der Waals surface area contributed by atoms with E-state index in [1.165, 1.54) is 13.2 Å².